The average molecular weight is 1820 g/mol. The largest absolute Gasteiger partial charge is 0.459 e. The molecule has 0 spiro atoms. The minimum Gasteiger partial charge on any atom is -0.459 e. The first kappa shape index (κ1) is 100. The molecule has 5 aliphatic carbocycles. The van der Waals surface area contributed by atoms with Gasteiger partial charge in [-0.25, -0.2) is 4.79 Å². The molecule has 23 N–H and O–H groups in total. The molecule has 1 unspecified atom stereocenters. The van der Waals surface area contributed by atoms with E-state index in [9.17, 15) is 122 Å². The number of aliphatic hydroxyl groups excluding tert-OH is 22. The van der Waals surface area contributed by atoms with Gasteiger partial charge in [-0.3, -0.25) is 4.79 Å². The lowest BCUT2D eigenvalue weighted by Gasteiger charge is -2.73. The van der Waals surface area contributed by atoms with E-state index in [2.05, 4.69) is 41.2 Å². The Morgan fingerprint density at radius 1 is 0.484 bits per heavy atom. The van der Waals surface area contributed by atoms with Crippen LogP contribution in [0.25, 0.3) is 0 Å². The second kappa shape index (κ2) is 39.2. The summed E-state index contributed by atoms with van der Waals surface area (Å²) < 4.78 is 102. The molecule has 126 heavy (non-hydrogen) atoms. The molecule has 0 aromatic heterocycles. The number of hydrogen-bond donors (Lipinski definition) is 23. The first-order valence-corrected chi connectivity index (χ1v) is 43.8. The van der Waals surface area contributed by atoms with Crippen molar-refractivity contribution in [3.05, 3.63) is 36.0 Å². The summed E-state index contributed by atoms with van der Waals surface area (Å²) in [6.07, 6.45) is -59.6. The van der Waals surface area contributed by atoms with Crippen molar-refractivity contribution in [2.24, 2.45) is 50.2 Å². The minimum atomic E-state index is -2.30. The molecule has 13 aliphatic rings. The molecular weight excluding hydrogens is 1680 g/mol. The molecule has 12 fully saturated rings. The molecule has 0 aromatic carbocycles. The van der Waals surface area contributed by atoms with E-state index in [1.807, 2.05) is 19.9 Å². The van der Waals surface area contributed by atoms with Gasteiger partial charge >= 0.3 is 11.9 Å². The Morgan fingerprint density at radius 3 is 1.61 bits per heavy atom. The number of carbonyl (C=O) groups excluding carboxylic acids is 2. The van der Waals surface area contributed by atoms with Gasteiger partial charge in [0.1, 0.15) is 171 Å². The molecule has 8 heterocycles. The van der Waals surface area contributed by atoms with Gasteiger partial charge in [0.25, 0.3) is 0 Å². The molecule has 42 heteroatoms. The molecule has 0 amide bonds. The molecular formula is C84H134O42. The van der Waals surface area contributed by atoms with Crippen molar-refractivity contribution in [2.45, 2.75) is 372 Å². The first-order valence-electron chi connectivity index (χ1n) is 43.8. The number of carbonyl (C=O) groups is 2. The number of ether oxygens (including phenoxy) is 17. The first-order chi connectivity index (χ1) is 59.1. The Bertz CT molecular complexity index is 3730. The summed E-state index contributed by atoms with van der Waals surface area (Å²) in [6, 6.07) is 0. The van der Waals surface area contributed by atoms with Crippen LogP contribution in [0.5, 0.6) is 0 Å². The molecule has 722 valence electrons. The molecule has 0 bridgehead atoms. The molecule has 42 nitrogen and oxygen atoms in total. The Hall–Kier alpha value is -3.36. The van der Waals surface area contributed by atoms with Gasteiger partial charge in [-0.15, -0.1) is 6.58 Å². The Labute approximate surface area is 727 Å². The fourth-order valence-electron chi connectivity index (χ4n) is 22.4. The third kappa shape index (κ3) is 19.0. The number of esters is 2. The van der Waals surface area contributed by atoms with Crippen LogP contribution >= 0.6 is 0 Å². The van der Waals surface area contributed by atoms with Crippen LogP contribution in [-0.4, -0.2) is 421 Å². The highest BCUT2D eigenvalue weighted by molar-refractivity contribution is 5.88. The molecule has 4 saturated carbocycles. The fraction of sp³-hybridized carbons (Fsp3) is 0.905. The zero-order valence-electron chi connectivity index (χ0n) is 72.1. The van der Waals surface area contributed by atoms with Gasteiger partial charge in [0.2, 0.25) is 6.29 Å². The van der Waals surface area contributed by atoms with Crippen molar-refractivity contribution in [1.29, 1.82) is 0 Å². The Kier molecular flexibility index (Phi) is 31.1. The molecule has 13 rings (SSSR count). The van der Waals surface area contributed by atoms with Crippen LogP contribution in [0, 0.1) is 50.2 Å². The van der Waals surface area contributed by atoms with Crippen molar-refractivity contribution in [1.82, 2.24) is 0 Å². The molecule has 0 radical (unpaired) electrons. The Balaban J connectivity index is 0.757. The third-order valence-corrected chi connectivity index (χ3v) is 30.3. The highest BCUT2D eigenvalue weighted by Gasteiger charge is 2.73. The number of rotatable bonds is 26. The van der Waals surface area contributed by atoms with Crippen molar-refractivity contribution in [3.63, 3.8) is 0 Å². The van der Waals surface area contributed by atoms with E-state index in [-0.39, 0.29) is 43.1 Å². The summed E-state index contributed by atoms with van der Waals surface area (Å²) in [5, 5.41) is 257. The maximum absolute atomic E-state index is 16.4. The smallest absolute Gasteiger partial charge is 0.336 e. The van der Waals surface area contributed by atoms with Crippen LogP contribution in [-0.2, 0) is 90.1 Å². The number of hydrogen-bond acceptors (Lipinski definition) is 42. The normalized spacial score (nSPS) is 50.9. The van der Waals surface area contributed by atoms with Crippen LogP contribution in [0.4, 0.5) is 0 Å². The zero-order chi connectivity index (χ0) is 92.1. The van der Waals surface area contributed by atoms with Gasteiger partial charge in [-0.2, -0.15) is 0 Å². The van der Waals surface area contributed by atoms with Crippen LogP contribution in [0.2, 0.25) is 0 Å². The summed E-state index contributed by atoms with van der Waals surface area (Å²) in [5.41, 5.74) is -6.04. The maximum atomic E-state index is 16.4. The predicted molar refractivity (Wildman–Crippen MR) is 418 cm³/mol. The lowest BCUT2D eigenvalue weighted by Crippen LogP contribution is -2.69. The van der Waals surface area contributed by atoms with Gasteiger partial charge in [0.05, 0.1) is 75.7 Å². The van der Waals surface area contributed by atoms with Crippen molar-refractivity contribution < 1.29 is 208 Å². The van der Waals surface area contributed by atoms with Gasteiger partial charge in [-0.1, -0.05) is 72.3 Å². The van der Waals surface area contributed by atoms with Crippen LogP contribution in [0.1, 0.15) is 133 Å². The highest BCUT2D eigenvalue weighted by atomic mass is 16.8. The second-order valence-corrected chi connectivity index (χ2v) is 39.2. The average Bonchev–Trinajstić information content (AvgIpc) is 0.669. The number of aliphatic hydroxyl groups is 23. The van der Waals surface area contributed by atoms with Gasteiger partial charge in [0, 0.05) is 0 Å². The molecule has 0 aromatic rings. The van der Waals surface area contributed by atoms with E-state index in [0.29, 0.717) is 50.5 Å². The fourth-order valence-corrected chi connectivity index (χ4v) is 22.4. The van der Waals surface area contributed by atoms with E-state index in [1.54, 1.807) is 0 Å². The van der Waals surface area contributed by atoms with E-state index in [0.717, 1.165) is 0 Å². The predicted octanol–water partition coefficient (Wildman–Crippen LogP) is -7.00. The highest BCUT2D eigenvalue weighted by Crippen LogP contribution is 2.77. The SMILES string of the molecule is C=CC(C)(O)CC/C=C(\CO)C(=O)OC[C@H]1O[C@@H](OC(=O)[C@]23CCC(C)(C)C=C2[C@H]2CC[C@@H]4[C@@]5(C)CC[C@H](O[C@@H]6O[C@H](CO[C@@H]7OC[C@H](O)[C@H](O)[C@H]7O[C@@H]7OC[C@@H](O)[C@H](O)[C@H]7O)[C@@H](O)[C@H](O)[C@H]6O)C(C)(C)[C@@H]5CC[C@@]4(C)[C@]2(C)C[C@H]3O)[C@H](O[C@@H]2O[C@@H](C)[C@H](O[C@@H]3OC[C@@H](O)[C@H](O[C@@H]4OC[C@@H](O)[C@H](O)[C@H]4O)[C@H]3O)[C@@H](O)[C@H]2O[C@@H]2O[C@H](CO)[C@H](O)[C@H](O)[C@H]2O)[C@@H](O)[C@@H]1O. The number of allylic oxidation sites excluding steroid dienone is 2. The lowest BCUT2D eigenvalue weighted by atomic mass is 9.32. The Morgan fingerprint density at radius 2 is 0.992 bits per heavy atom. The topological polar surface area (TPSA) is 656 Å². The summed E-state index contributed by atoms with van der Waals surface area (Å²) >= 11 is 0. The van der Waals surface area contributed by atoms with Crippen LogP contribution in [0.3, 0.4) is 0 Å². The molecule has 8 aliphatic heterocycles. The van der Waals surface area contributed by atoms with E-state index in [4.69, 9.17) is 80.5 Å². The van der Waals surface area contributed by atoms with Gasteiger partial charge in [-0.05, 0) is 129 Å². The van der Waals surface area contributed by atoms with Gasteiger partial charge in [0.15, 0.2) is 50.1 Å². The van der Waals surface area contributed by atoms with Crippen LogP contribution < -0.4 is 0 Å². The quantitative estimate of drug-likeness (QED) is 0.0166. The minimum absolute atomic E-state index is 0.0122. The standard InChI is InChI=1S/C84H134O42/c1-11-80(7,109)18-12-13-34(25-85)68(107)110-31-42-53(97)56(100)66(125-75-67(124-73-60(104)54(98)51(95)41(26-86)117-73)61(105)63(33(2)116-75)121-71-62(106)64(40(90)30-113-71)122-69-57(101)48(92)37(87)27-111-69)76(119-42)126-77(108)84-22-21-78(3,4)23-36(84)35-14-15-45-81(8)19-17-47(79(5,6)44(81)16-20-82(45,9)83(35,10)24-46(84)91)120-72-59(103)55(99)52(96)43(118-72)32-115-74-65(50(94)39(89)29-114-74)123-70-58(102)49(93)38(88)28-112-70/h11,13,23,33,35,37-67,69-76,85-106,109H,1,12,14-22,24-32H2,2-10H3/b34-13+/t33-,35+,37+,38+,39-,40+,41+,42+,43+,44-,45+,46+,47-,48-,49-,50-,51-,52+,53+,54-,55-,56-,57+,58+,59+,60+,61+,62+,63-,64-,65+,66+,67+,69-,70-,71-,72-,73-,74-,75-,76-,80?,81-,82+,83+,84+/m0/s1. The van der Waals surface area contributed by atoms with Crippen molar-refractivity contribution in [2.75, 3.05) is 52.9 Å². The third-order valence-electron chi connectivity index (χ3n) is 30.3. The van der Waals surface area contributed by atoms with E-state index >= 15 is 4.79 Å². The zero-order valence-corrected chi connectivity index (χ0v) is 72.1. The summed E-state index contributed by atoms with van der Waals surface area (Å²) in [7, 11) is 0. The summed E-state index contributed by atoms with van der Waals surface area (Å²) in [5.74, 6) is -2.74. The maximum Gasteiger partial charge on any atom is 0.336 e. The molecule has 8 saturated heterocycles. The summed E-state index contributed by atoms with van der Waals surface area (Å²) in [6.45, 7) is 15.9. The lowest BCUT2D eigenvalue weighted by molar-refractivity contribution is -0.401. The van der Waals surface area contributed by atoms with E-state index < -0.39 is 342 Å². The van der Waals surface area contributed by atoms with E-state index in [1.165, 1.54) is 26.0 Å². The van der Waals surface area contributed by atoms with Crippen molar-refractivity contribution >= 4 is 11.9 Å². The monoisotopic (exact) mass is 1810 g/mol. The summed E-state index contributed by atoms with van der Waals surface area (Å²) in [4.78, 5) is 30.2. The second-order valence-electron chi connectivity index (χ2n) is 39.2. The molecule has 46 atom stereocenters. The van der Waals surface area contributed by atoms with Crippen molar-refractivity contribution in [3.8, 4) is 0 Å². The van der Waals surface area contributed by atoms with Crippen LogP contribution in [0.15, 0.2) is 36.0 Å². The van der Waals surface area contributed by atoms with Gasteiger partial charge < -0.3 is 198 Å². The number of fused-ring (bicyclic) bond motifs is 7.